The van der Waals surface area contributed by atoms with Crippen LogP contribution in [0.1, 0.15) is 31.4 Å². The van der Waals surface area contributed by atoms with Crippen molar-refractivity contribution in [3.63, 3.8) is 0 Å². The third-order valence-electron chi connectivity index (χ3n) is 5.11. The smallest absolute Gasteiger partial charge is 0.318 e. The standard InChI is InChI=1S/C17H26N4O3S/c1-12(13-4-8-16(9-5-13)25(23,24)20(2)3)19-17(22)21-11-14-6-7-15(21)10-18-14/h4-5,8-9,12,14-15,18H,6-7,10-11H2,1-3H3,(H,19,22). The van der Waals surface area contributed by atoms with Crippen molar-refractivity contribution < 1.29 is 13.2 Å². The van der Waals surface area contributed by atoms with E-state index < -0.39 is 10.0 Å². The van der Waals surface area contributed by atoms with E-state index in [0.717, 1.165) is 31.5 Å². The number of sulfonamides is 1. The number of hydrogen-bond acceptors (Lipinski definition) is 4. The highest BCUT2D eigenvalue weighted by atomic mass is 32.2. The van der Waals surface area contributed by atoms with E-state index >= 15 is 0 Å². The van der Waals surface area contributed by atoms with E-state index in [2.05, 4.69) is 10.6 Å². The number of nitrogens with zero attached hydrogens (tertiary/aromatic N) is 2. The van der Waals surface area contributed by atoms with Crippen LogP contribution in [0.2, 0.25) is 0 Å². The first kappa shape index (κ1) is 18.2. The van der Waals surface area contributed by atoms with Gasteiger partial charge in [0.15, 0.2) is 0 Å². The molecule has 8 heteroatoms. The molecule has 3 heterocycles. The third-order valence-corrected chi connectivity index (χ3v) is 6.94. The molecule has 3 saturated heterocycles. The molecule has 25 heavy (non-hydrogen) atoms. The molecular weight excluding hydrogens is 340 g/mol. The van der Waals surface area contributed by atoms with E-state index in [4.69, 9.17) is 0 Å². The number of nitrogens with one attached hydrogen (secondary N) is 2. The van der Waals surface area contributed by atoms with E-state index in [0.29, 0.717) is 6.04 Å². The van der Waals surface area contributed by atoms with Gasteiger partial charge in [0.05, 0.1) is 10.9 Å². The van der Waals surface area contributed by atoms with Gasteiger partial charge in [-0.3, -0.25) is 0 Å². The van der Waals surface area contributed by atoms with Crippen molar-refractivity contribution in [3.05, 3.63) is 29.8 Å². The number of hydrogen-bond donors (Lipinski definition) is 2. The molecule has 0 aromatic heterocycles. The highest BCUT2D eigenvalue weighted by Crippen LogP contribution is 2.23. The summed E-state index contributed by atoms with van der Waals surface area (Å²) in [6.45, 7) is 3.53. The predicted molar refractivity (Wildman–Crippen MR) is 95.8 cm³/mol. The maximum absolute atomic E-state index is 12.6. The normalized spacial score (nSPS) is 24.4. The minimum absolute atomic E-state index is 0.0475. The molecule has 3 atom stereocenters. The lowest BCUT2D eigenvalue weighted by atomic mass is 9.93. The van der Waals surface area contributed by atoms with Crippen molar-refractivity contribution >= 4 is 16.1 Å². The molecule has 3 aliphatic rings. The number of fused-ring (bicyclic) bond motifs is 3. The zero-order valence-electron chi connectivity index (χ0n) is 14.9. The van der Waals surface area contributed by atoms with Gasteiger partial charge in [0.2, 0.25) is 10.0 Å². The van der Waals surface area contributed by atoms with Crippen LogP contribution in [-0.4, -0.2) is 62.9 Å². The molecule has 3 unspecified atom stereocenters. The molecule has 0 saturated carbocycles. The van der Waals surface area contributed by atoms with Gasteiger partial charge in [-0.1, -0.05) is 12.1 Å². The molecule has 1 aromatic rings. The number of benzene rings is 1. The molecule has 2 amide bonds. The number of piperazine rings is 1. The summed E-state index contributed by atoms with van der Waals surface area (Å²) in [4.78, 5) is 14.7. The van der Waals surface area contributed by atoms with Crippen LogP contribution in [0.3, 0.4) is 0 Å². The van der Waals surface area contributed by atoms with E-state index in [9.17, 15) is 13.2 Å². The summed E-state index contributed by atoms with van der Waals surface area (Å²) in [7, 11) is -0.420. The van der Waals surface area contributed by atoms with Crippen LogP contribution >= 0.6 is 0 Å². The molecule has 138 valence electrons. The molecule has 2 N–H and O–H groups in total. The first-order valence-corrected chi connectivity index (χ1v) is 10.1. The zero-order chi connectivity index (χ0) is 18.2. The summed E-state index contributed by atoms with van der Waals surface area (Å²) in [5.74, 6) is 0. The van der Waals surface area contributed by atoms with Crippen LogP contribution < -0.4 is 10.6 Å². The monoisotopic (exact) mass is 366 g/mol. The molecule has 7 nitrogen and oxygen atoms in total. The lowest BCUT2D eigenvalue weighted by molar-refractivity contribution is 0.0963. The molecule has 0 radical (unpaired) electrons. The Kier molecular flexibility index (Phi) is 5.04. The van der Waals surface area contributed by atoms with Crippen molar-refractivity contribution in [3.8, 4) is 0 Å². The van der Waals surface area contributed by atoms with Gasteiger partial charge in [0.1, 0.15) is 0 Å². The van der Waals surface area contributed by atoms with Crippen molar-refractivity contribution in [2.45, 2.75) is 42.8 Å². The first-order chi connectivity index (χ1) is 11.8. The fourth-order valence-corrected chi connectivity index (χ4v) is 4.35. The fraction of sp³-hybridized carbons (Fsp3) is 0.588. The zero-order valence-corrected chi connectivity index (χ0v) is 15.7. The minimum Gasteiger partial charge on any atom is -0.331 e. The lowest BCUT2D eigenvalue weighted by Gasteiger charge is -2.46. The predicted octanol–water partition coefficient (Wildman–Crippen LogP) is 1.14. The molecule has 0 aliphatic carbocycles. The molecular formula is C17H26N4O3S. The van der Waals surface area contributed by atoms with Gasteiger partial charge in [0.25, 0.3) is 0 Å². The highest BCUT2D eigenvalue weighted by Gasteiger charge is 2.36. The van der Waals surface area contributed by atoms with Gasteiger partial charge in [-0.2, -0.15) is 0 Å². The Hall–Kier alpha value is -1.64. The number of urea groups is 1. The maximum Gasteiger partial charge on any atom is 0.318 e. The molecule has 4 rings (SSSR count). The summed E-state index contributed by atoms with van der Waals surface area (Å²) < 4.78 is 25.4. The number of piperidine rings is 2. The van der Waals surface area contributed by atoms with Crippen molar-refractivity contribution in [1.29, 1.82) is 0 Å². The largest absolute Gasteiger partial charge is 0.331 e. The summed E-state index contributed by atoms with van der Waals surface area (Å²) in [6.07, 6.45) is 2.18. The SMILES string of the molecule is CC(NC(=O)N1CC2CCC1CN2)c1ccc(S(=O)(=O)N(C)C)cc1. The van der Waals surface area contributed by atoms with Gasteiger partial charge in [-0.15, -0.1) is 0 Å². The van der Waals surface area contributed by atoms with Crippen LogP contribution in [0.5, 0.6) is 0 Å². The van der Waals surface area contributed by atoms with Gasteiger partial charge in [-0.25, -0.2) is 17.5 Å². The summed E-state index contributed by atoms with van der Waals surface area (Å²) in [6, 6.07) is 7.12. The summed E-state index contributed by atoms with van der Waals surface area (Å²) in [5.41, 5.74) is 0.881. The Labute approximate surface area is 149 Å². The maximum atomic E-state index is 12.6. The second kappa shape index (κ2) is 6.93. The number of rotatable bonds is 4. The lowest BCUT2D eigenvalue weighted by Crippen LogP contribution is -2.64. The Morgan fingerprint density at radius 1 is 1.28 bits per heavy atom. The Morgan fingerprint density at radius 3 is 2.44 bits per heavy atom. The fourth-order valence-electron chi connectivity index (χ4n) is 3.45. The van der Waals surface area contributed by atoms with Crippen LogP contribution in [0.25, 0.3) is 0 Å². The van der Waals surface area contributed by atoms with E-state index in [1.54, 1.807) is 24.3 Å². The van der Waals surface area contributed by atoms with Gasteiger partial charge in [-0.05, 0) is 37.5 Å². The van der Waals surface area contributed by atoms with Crippen molar-refractivity contribution in [2.75, 3.05) is 27.2 Å². The van der Waals surface area contributed by atoms with Gasteiger partial charge in [0, 0.05) is 39.3 Å². The van der Waals surface area contributed by atoms with Crippen molar-refractivity contribution in [1.82, 2.24) is 19.8 Å². The molecule has 1 aromatic carbocycles. The summed E-state index contributed by atoms with van der Waals surface area (Å²) in [5, 5.41) is 6.47. The van der Waals surface area contributed by atoms with Crippen LogP contribution in [-0.2, 0) is 10.0 Å². The quantitative estimate of drug-likeness (QED) is 0.837. The third kappa shape index (κ3) is 3.65. The van der Waals surface area contributed by atoms with Gasteiger partial charge >= 0.3 is 6.03 Å². The van der Waals surface area contributed by atoms with Crippen molar-refractivity contribution in [2.24, 2.45) is 0 Å². The number of amides is 2. The Morgan fingerprint density at radius 2 is 1.96 bits per heavy atom. The van der Waals surface area contributed by atoms with Gasteiger partial charge < -0.3 is 15.5 Å². The molecule has 2 bridgehead atoms. The topological polar surface area (TPSA) is 81.8 Å². The second-order valence-corrected chi connectivity index (χ2v) is 9.17. The number of carbonyl (C=O) groups is 1. The number of carbonyl (C=O) groups excluding carboxylic acids is 1. The minimum atomic E-state index is -3.43. The first-order valence-electron chi connectivity index (χ1n) is 8.62. The molecule has 3 aliphatic heterocycles. The highest BCUT2D eigenvalue weighted by molar-refractivity contribution is 7.89. The van der Waals surface area contributed by atoms with E-state index in [-0.39, 0.29) is 23.0 Å². The van der Waals surface area contributed by atoms with E-state index in [1.807, 2.05) is 11.8 Å². The van der Waals surface area contributed by atoms with Crippen LogP contribution in [0.15, 0.2) is 29.2 Å². The van der Waals surface area contributed by atoms with E-state index in [1.165, 1.54) is 18.4 Å². The average Bonchev–Trinajstić information content (AvgIpc) is 2.62. The van der Waals surface area contributed by atoms with Crippen LogP contribution in [0.4, 0.5) is 4.79 Å². The Balaban J connectivity index is 1.65. The molecule has 0 spiro atoms. The Bertz CT molecular complexity index is 725. The second-order valence-electron chi connectivity index (χ2n) is 7.02. The van der Waals surface area contributed by atoms with Crippen LogP contribution in [0, 0.1) is 0 Å². The summed E-state index contributed by atoms with van der Waals surface area (Å²) >= 11 is 0. The molecule has 3 fully saturated rings. The average molecular weight is 366 g/mol.